The van der Waals surface area contributed by atoms with E-state index in [-0.39, 0.29) is 0 Å². The first-order valence-corrected chi connectivity index (χ1v) is 49.2. The summed E-state index contributed by atoms with van der Waals surface area (Å²) >= 11 is 0. The van der Waals surface area contributed by atoms with Crippen LogP contribution in [0.5, 0.6) is 0 Å². The van der Waals surface area contributed by atoms with Gasteiger partial charge in [0.2, 0.25) is 17.8 Å². The summed E-state index contributed by atoms with van der Waals surface area (Å²) in [6.07, 6.45) is 0. The average molecular weight is 1870 g/mol. The zero-order valence-electron chi connectivity index (χ0n) is 78.5. The molecule has 0 aliphatic heterocycles. The van der Waals surface area contributed by atoms with Gasteiger partial charge in [0.15, 0.2) is 0 Å². The summed E-state index contributed by atoms with van der Waals surface area (Å²) in [5, 5.41) is 18.7. The van der Waals surface area contributed by atoms with Gasteiger partial charge >= 0.3 is 0 Å². The highest BCUT2D eigenvalue weighted by Crippen LogP contribution is 2.47. The zero-order valence-corrected chi connectivity index (χ0v) is 78.5. The molecule has 0 radical (unpaired) electrons. The van der Waals surface area contributed by atoms with Crippen molar-refractivity contribution in [1.82, 2.24) is 57.3 Å². The van der Waals surface area contributed by atoms with E-state index in [1.54, 1.807) is 0 Å². The van der Waals surface area contributed by atoms with Crippen LogP contribution in [0.1, 0.15) is 0 Å². The Morgan fingerprint density at radius 1 is 0.137 bits per heavy atom. The molecule has 0 aliphatic rings. The molecular weight excluding hydrogens is 1790 g/mol. The smallest absolute Gasteiger partial charge is 0.235 e. The first-order chi connectivity index (χ1) is 72.4. The van der Waals surface area contributed by atoms with Gasteiger partial charge in [0.25, 0.3) is 0 Å². The lowest BCUT2D eigenvalue weighted by Crippen LogP contribution is -2.04. The van der Waals surface area contributed by atoms with E-state index >= 15 is 0 Å². The lowest BCUT2D eigenvalue weighted by Gasteiger charge is -2.12. The van der Waals surface area contributed by atoms with Crippen molar-refractivity contribution in [2.24, 2.45) is 0 Å². The van der Waals surface area contributed by atoms with Gasteiger partial charge in [0, 0.05) is 137 Å². The van der Waals surface area contributed by atoms with Crippen LogP contribution in [0.25, 0.3) is 277 Å². The summed E-state index contributed by atoms with van der Waals surface area (Å²) in [4.78, 5) is 31.8. The molecule has 0 bridgehead atoms. The lowest BCUT2D eigenvalue weighted by molar-refractivity contribution is 0.669. The Labute approximate surface area is 835 Å². The van der Waals surface area contributed by atoms with E-state index in [2.05, 4.69) is 470 Å². The quantitative estimate of drug-likeness (QED) is 0.118. The Balaban J connectivity index is 0.000000104. The maximum atomic E-state index is 6.52. The first-order valence-electron chi connectivity index (χ1n) is 49.2. The molecule has 0 aliphatic carbocycles. The Morgan fingerprint density at radius 2 is 0.384 bits per heavy atom. The molecule has 0 saturated heterocycles. The number of rotatable bonds is 12. The molecule has 682 valence electrons. The number of aromatic nitrogens is 12. The van der Waals surface area contributed by atoms with Crippen molar-refractivity contribution in [3.8, 4) is 102 Å². The van der Waals surface area contributed by atoms with Gasteiger partial charge in [-0.2, -0.15) is 0 Å². The van der Waals surface area contributed by atoms with E-state index in [0.29, 0.717) is 17.8 Å². The molecule has 20 aromatic carbocycles. The molecule has 0 N–H and O–H groups in total. The number of nitrogens with zero attached hydrogens (tertiary/aromatic N) is 12. The van der Waals surface area contributed by atoms with E-state index in [1.165, 1.54) is 59.6 Å². The van der Waals surface area contributed by atoms with Crippen molar-refractivity contribution in [3.63, 3.8) is 0 Å². The highest BCUT2D eigenvalue weighted by Gasteiger charge is 2.28. The van der Waals surface area contributed by atoms with Crippen LogP contribution in [-0.2, 0) is 0 Å². The molecule has 0 spiro atoms. The third-order valence-corrected chi connectivity index (χ3v) is 28.8. The van der Waals surface area contributed by atoms with Crippen LogP contribution in [0.4, 0.5) is 0 Å². The largest absolute Gasteiger partial charge is 0.456 e. The van der Waals surface area contributed by atoms with E-state index < -0.39 is 0 Å². The molecule has 146 heavy (non-hydrogen) atoms. The fraction of sp³-hybridized carbons (Fsp3) is 0. The highest BCUT2D eigenvalue weighted by atomic mass is 16.3. The molecule has 0 unspecified atom stereocenters. The van der Waals surface area contributed by atoms with Crippen LogP contribution >= 0.6 is 0 Å². The molecule has 0 fully saturated rings. The van der Waals surface area contributed by atoms with Gasteiger partial charge in [-0.05, 0) is 158 Å². The minimum absolute atomic E-state index is 0.604. The molecular formula is C132H82N12O2. The van der Waals surface area contributed by atoms with Crippen LogP contribution in [-0.4, -0.2) is 57.3 Å². The van der Waals surface area contributed by atoms with Gasteiger partial charge in [0.1, 0.15) is 22.3 Å². The molecule has 14 heteroatoms. The van der Waals surface area contributed by atoms with Crippen molar-refractivity contribution in [1.29, 1.82) is 0 Å². The van der Waals surface area contributed by atoms with Crippen molar-refractivity contribution >= 4 is 175 Å². The van der Waals surface area contributed by atoms with Gasteiger partial charge in [-0.25, -0.2) is 29.9 Å². The number of fused-ring (bicyclic) bond motifs is 24. The van der Waals surface area contributed by atoms with Gasteiger partial charge in [0.05, 0.1) is 100 Å². The summed E-state index contributed by atoms with van der Waals surface area (Å²) in [5.74, 6) is 1.87. The fourth-order valence-electron chi connectivity index (χ4n) is 22.3. The van der Waals surface area contributed by atoms with Crippen molar-refractivity contribution in [2.75, 3.05) is 0 Å². The number of para-hydroxylation sites is 12. The van der Waals surface area contributed by atoms with E-state index in [0.717, 1.165) is 200 Å². The molecule has 14 nitrogen and oxygen atoms in total. The maximum Gasteiger partial charge on any atom is 0.235 e. The van der Waals surface area contributed by atoms with Crippen molar-refractivity contribution < 1.29 is 8.83 Å². The summed E-state index contributed by atoms with van der Waals surface area (Å²) in [6.45, 7) is 0. The third-order valence-electron chi connectivity index (χ3n) is 28.8. The van der Waals surface area contributed by atoms with Crippen molar-refractivity contribution in [2.45, 2.75) is 0 Å². The molecule has 0 saturated carbocycles. The lowest BCUT2D eigenvalue weighted by atomic mass is 10.0. The summed E-state index contributed by atoms with van der Waals surface area (Å²) in [6, 6.07) is 174. The Hall–Kier alpha value is -20.0. The van der Waals surface area contributed by atoms with Crippen LogP contribution < -0.4 is 0 Å². The summed E-state index contributed by atoms with van der Waals surface area (Å²) in [5.41, 5.74) is 31.2. The molecule has 11 heterocycles. The Morgan fingerprint density at radius 3 is 0.726 bits per heavy atom. The number of hydrogen-bond donors (Lipinski definition) is 0. The topological polar surface area (TPSA) is 133 Å². The van der Waals surface area contributed by atoms with E-state index in [9.17, 15) is 0 Å². The standard InChI is InChI=1S/2C46H28N4O.C40H26N4/c1-3-14-29(15-4-1)38-27-39(35-22-13-21-34-33-20-9-12-25-44(33)51-45(34)35)48-46(47-38)50-41-24-11-8-19-32(41)37-26-36-31-18-7-10-23-40(31)49(42(36)28-43(37)50)30-16-5-2-6-17-30;1-3-13-29(14-4-1)38-27-39(30-23-24-35-34-19-9-12-22-44(34)51-45(35)25-30)48-46(47-38)50-41-21-11-8-18-33(41)37-26-36-32-17-7-10-20-40(32)49(42(36)28-43(37)50)31-15-5-2-6-16-31;1-4-14-27(15-5-1)34-25-35(28-16-6-2-7-17-28)42-40(41-34)44-37-23-13-11-21-31(37)33-24-32-30-20-10-12-22-36(30)43(38(32)26-39(33)44)29-18-8-3-9-19-29/h2*1-28H;1-26H. The van der Waals surface area contributed by atoms with Crippen LogP contribution in [0.2, 0.25) is 0 Å². The van der Waals surface area contributed by atoms with Gasteiger partial charge in [-0.1, -0.05) is 340 Å². The molecule has 11 aromatic heterocycles. The zero-order chi connectivity index (χ0) is 96.0. The first kappa shape index (κ1) is 83.0. The number of hydrogen-bond acceptors (Lipinski definition) is 8. The van der Waals surface area contributed by atoms with E-state index in [4.69, 9.17) is 38.7 Å². The normalized spacial score (nSPS) is 11.8. The molecule has 31 rings (SSSR count). The summed E-state index contributed by atoms with van der Waals surface area (Å²) in [7, 11) is 0. The number of furan rings is 2. The summed E-state index contributed by atoms with van der Waals surface area (Å²) < 4.78 is 26.6. The van der Waals surface area contributed by atoms with Gasteiger partial charge in [-0.15, -0.1) is 0 Å². The second kappa shape index (κ2) is 34.0. The maximum absolute atomic E-state index is 6.52. The monoisotopic (exact) mass is 1870 g/mol. The second-order valence-corrected chi connectivity index (χ2v) is 37.2. The Bertz CT molecular complexity index is 10600. The van der Waals surface area contributed by atoms with Gasteiger partial charge in [-0.3, -0.25) is 13.7 Å². The highest BCUT2D eigenvalue weighted by molar-refractivity contribution is 6.23. The molecule has 0 atom stereocenters. The minimum Gasteiger partial charge on any atom is -0.456 e. The van der Waals surface area contributed by atoms with E-state index in [1.807, 2.05) is 54.6 Å². The number of benzene rings is 20. The van der Waals surface area contributed by atoms with Crippen LogP contribution in [0.3, 0.4) is 0 Å². The predicted molar refractivity (Wildman–Crippen MR) is 599 cm³/mol. The minimum atomic E-state index is 0.604. The van der Waals surface area contributed by atoms with Crippen LogP contribution in [0.15, 0.2) is 506 Å². The SMILES string of the molecule is c1ccc(-c2cc(-c3ccc4c(c3)oc3ccccc34)nc(-n3c4ccccc4c4cc5c6ccccc6n(-c6ccccc6)c5cc43)n2)cc1.c1ccc(-c2cc(-c3cccc4c3oc3ccccc34)nc(-n3c4ccccc4c4cc5c6ccccc6n(-c6ccccc6)c5cc43)n2)cc1.c1ccc(-c2cc(-c3ccccc3)nc(-n3c4ccccc4c4cc5c6ccccc6n(-c6ccccc6)c5cc43)n2)cc1. The Kier molecular flexibility index (Phi) is 19.3. The van der Waals surface area contributed by atoms with Crippen LogP contribution in [0, 0.1) is 0 Å². The predicted octanol–water partition coefficient (Wildman–Crippen LogP) is 33.8. The van der Waals surface area contributed by atoms with Crippen molar-refractivity contribution in [3.05, 3.63) is 497 Å². The second-order valence-electron chi connectivity index (χ2n) is 37.2. The fourth-order valence-corrected chi connectivity index (χ4v) is 22.3. The molecule has 31 aromatic rings. The average Bonchev–Trinajstić information content (AvgIpc) is 1.56. The van der Waals surface area contributed by atoms with Gasteiger partial charge < -0.3 is 22.5 Å². The molecule has 0 amide bonds. The third kappa shape index (κ3) is 13.6.